The standard InChI is InChI=1S/C19H23NO2S/c1-15-7-6-10-18(16(15)2)22-13-12-20-19(21)11-14-23-17-8-4-3-5-9-17/h3-10H,11-14H2,1-2H3,(H,20,21). The van der Waals surface area contributed by atoms with Crippen molar-refractivity contribution < 1.29 is 9.53 Å². The number of benzene rings is 2. The van der Waals surface area contributed by atoms with Crippen LogP contribution in [0.5, 0.6) is 5.75 Å². The molecule has 0 radical (unpaired) electrons. The zero-order valence-electron chi connectivity index (χ0n) is 13.7. The second kappa shape index (κ2) is 9.26. The van der Waals surface area contributed by atoms with Gasteiger partial charge >= 0.3 is 0 Å². The summed E-state index contributed by atoms with van der Waals surface area (Å²) in [6.45, 7) is 5.13. The lowest BCUT2D eigenvalue weighted by Crippen LogP contribution is -2.28. The van der Waals surface area contributed by atoms with E-state index < -0.39 is 0 Å². The molecule has 0 heterocycles. The Bertz CT molecular complexity index is 629. The highest BCUT2D eigenvalue weighted by molar-refractivity contribution is 7.99. The van der Waals surface area contributed by atoms with Gasteiger partial charge < -0.3 is 10.1 Å². The lowest BCUT2D eigenvalue weighted by Gasteiger charge is -2.11. The van der Waals surface area contributed by atoms with Crippen molar-refractivity contribution in [1.29, 1.82) is 0 Å². The number of hydrogen-bond donors (Lipinski definition) is 1. The third-order valence-corrected chi connectivity index (χ3v) is 4.59. The van der Waals surface area contributed by atoms with Gasteiger partial charge in [0.25, 0.3) is 0 Å². The van der Waals surface area contributed by atoms with Crippen LogP contribution in [0.1, 0.15) is 17.5 Å². The van der Waals surface area contributed by atoms with Gasteiger partial charge in [-0.15, -0.1) is 11.8 Å². The number of rotatable bonds is 8. The van der Waals surface area contributed by atoms with E-state index in [1.165, 1.54) is 10.5 Å². The van der Waals surface area contributed by atoms with Gasteiger partial charge in [0.1, 0.15) is 12.4 Å². The van der Waals surface area contributed by atoms with Crippen LogP contribution in [-0.4, -0.2) is 24.8 Å². The number of carbonyl (C=O) groups is 1. The van der Waals surface area contributed by atoms with E-state index in [1.54, 1.807) is 11.8 Å². The first kappa shape index (κ1) is 17.4. The number of thioether (sulfide) groups is 1. The zero-order chi connectivity index (χ0) is 16.5. The Kier molecular flexibility index (Phi) is 7.01. The SMILES string of the molecule is Cc1cccc(OCCNC(=O)CCSc2ccccc2)c1C. The normalized spacial score (nSPS) is 10.3. The summed E-state index contributed by atoms with van der Waals surface area (Å²) in [6.07, 6.45) is 0.517. The first-order valence-electron chi connectivity index (χ1n) is 7.80. The van der Waals surface area contributed by atoms with Crippen LogP contribution in [0.25, 0.3) is 0 Å². The third-order valence-electron chi connectivity index (χ3n) is 3.58. The van der Waals surface area contributed by atoms with Crippen LogP contribution in [0, 0.1) is 13.8 Å². The maximum Gasteiger partial charge on any atom is 0.220 e. The Morgan fingerprint density at radius 1 is 1.09 bits per heavy atom. The molecule has 0 spiro atoms. The van der Waals surface area contributed by atoms with Crippen molar-refractivity contribution in [2.75, 3.05) is 18.9 Å². The van der Waals surface area contributed by atoms with Crippen molar-refractivity contribution >= 4 is 17.7 Å². The van der Waals surface area contributed by atoms with Gasteiger partial charge in [0, 0.05) is 17.1 Å². The van der Waals surface area contributed by atoms with Crippen molar-refractivity contribution in [3.63, 3.8) is 0 Å². The van der Waals surface area contributed by atoms with E-state index >= 15 is 0 Å². The van der Waals surface area contributed by atoms with Crippen LogP contribution in [-0.2, 0) is 4.79 Å². The van der Waals surface area contributed by atoms with Gasteiger partial charge in [-0.25, -0.2) is 0 Å². The molecule has 3 nitrogen and oxygen atoms in total. The molecule has 0 fully saturated rings. The monoisotopic (exact) mass is 329 g/mol. The highest BCUT2D eigenvalue weighted by Gasteiger charge is 2.03. The topological polar surface area (TPSA) is 38.3 Å². The summed E-state index contributed by atoms with van der Waals surface area (Å²) >= 11 is 1.70. The molecule has 4 heteroatoms. The molecule has 0 aliphatic rings. The number of amides is 1. The summed E-state index contributed by atoms with van der Waals surface area (Å²) in [5.74, 6) is 1.74. The fourth-order valence-corrected chi connectivity index (χ4v) is 2.97. The number of nitrogens with one attached hydrogen (secondary N) is 1. The van der Waals surface area contributed by atoms with Crippen molar-refractivity contribution in [3.8, 4) is 5.75 Å². The molecule has 0 aromatic heterocycles. The molecule has 2 rings (SSSR count). The molecule has 1 amide bonds. The van der Waals surface area contributed by atoms with Gasteiger partial charge in [-0.3, -0.25) is 4.79 Å². The van der Waals surface area contributed by atoms with E-state index in [4.69, 9.17) is 4.74 Å². The molecule has 0 bridgehead atoms. The quantitative estimate of drug-likeness (QED) is 0.588. The minimum atomic E-state index is 0.0676. The molecule has 23 heavy (non-hydrogen) atoms. The van der Waals surface area contributed by atoms with E-state index in [9.17, 15) is 4.79 Å². The van der Waals surface area contributed by atoms with Crippen LogP contribution < -0.4 is 10.1 Å². The summed E-state index contributed by atoms with van der Waals surface area (Å²) in [7, 11) is 0. The highest BCUT2D eigenvalue weighted by atomic mass is 32.2. The molecule has 0 aliphatic carbocycles. The van der Waals surface area contributed by atoms with Crippen LogP contribution in [0.4, 0.5) is 0 Å². The van der Waals surface area contributed by atoms with Gasteiger partial charge in [0.2, 0.25) is 5.91 Å². The molecule has 122 valence electrons. The molecule has 0 saturated heterocycles. The van der Waals surface area contributed by atoms with E-state index in [0.717, 1.165) is 17.1 Å². The molecule has 0 aliphatic heterocycles. The number of ether oxygens (including phenoxy) is 1. The Morgan fingerprint density at radius 2 is 1.87 bits per heavy atom. The fraction of sp³-hybridized carbons (Fsp3) is 0.316. The average Bonchev–Trinajstić information content (AvgIpc) is 2.56. The second-order valence-electron chi connectivity index (χ2n) is 5.31. The predicted octanol–water partition coefficient (Wildman–Crippen LogP) is 3.98. The van der Waals surface area contributed by atoms with Crippen molar-refractivity contribution in [1.82, 2.24) is 5.32 Å². The Hall–Kier alpha value is -1.94. The molecule has 0 saturated carbocycles. The first-order valence-corrected chi connectivity index (χ1v) is 8.79. The summed E-state index contributed by atoms with van der Waals surface area (Å²) in [5, 5.41) is 2.90. The molecule has 1 N–H and O–H groups in total. The van der Waals surface area contributed by atoms with E-state index in [-0.39, 0.29) is 5.91 Å². The summed E-state index contributed by atoms with van der Waals surface area (Å²) in [6, 6.07) is 16.1. The van der Waals surface area contributed by atoms with Crippen LogP contribution >= 0.6 is 11.8 Å². The van der Waals surface area contributed by atoms with Gasteiger partial charge in [0.15, 0.2) is 0 Å². The first-order chi connectivity index (χ1) is 11.2. The van der Waals surface area contributed by atoms with E-state index in [0.29, 0.717) is 19.6 Å². The predicted molar refractivity (Wildman–Crippen MR) is 96.2 cm³/mol. The number of aryl methyl sites for hydroxylation is 1. The molecular weight excluding hydrogens is 306 g/mol. The van der Waals surface area contributed by atoms with Crippen molar-refractivity contribution in [2.45, 2.75) is 25.2 Å². The average molecular weight is 329 g/mol. The van der Waals surface area contributed by atoms with Gasteiger partial charge in [-0.1, -0.05) is 30.3 Å². The maximum absolute atomic E-state index is 11.8. The molecule has 0 unspecified atom stereocenters. The lowest BCUT2D eigenvalue weighted by molar-refractivity contribution is -0.120. The smallest absolute Gasteiger partial charge is 0.220 e. The van der Waals surface area contributed by atoms with Gasteiger partial charge in [-0.05, 0) is 43.2 Å². The number of carbonyl (C=O) groups excluding carboxylic acids is 1. The zero-order valence-corrected chi connectivity index (χ0v) is 14.5. The minimum Gasteiger partial charge on any atom is -0.491 e. The highest BCUT2D eigenvalue weighted by Crippen LogP contribution is 2.20. The summed E-state index contributed by atoms with van der Waals surface area (Å²) in [4.78, 5) is 13.0. The van der Waals surface area contributed by atoms with Crippen LogP contribution in [0.15, 0.2) is 53.4 Å². The molecular formula is C19H23NO2S. The van der Waals surface area contributed by atoms with Crippen LogP contribution in [0.3, 0.4) is 0 Å². The molecule has 0 atom stereocenters. The lowest BCUT2D eigenvalue weighted by atomic mass is 10.1. The van der Waals surface area contributed by atoms with E-state index in [1.807, 2.05) is 37.3 Å². The Morgan fingerprint density at radius 3 is 2.65 bits per heavy atom. The van der Waals surface area contributed by atoms with Crippen molar-refractivity contribution in [2.24, 2.45) is 0 Å². The van der Waals surface area contributed by atoms with E-state index in [2.05, 4.69) is 30.4 Å². The largest absolute Gasteiger partial charge is 0.491 e. The fourth-order valence-electron chi connectivity index (χ4n) is 2.10. The summed E-state index contributed by atoms with van der Waals surface area (Å²) in [5.41, 5.74) is 2.36. The Labute approximate surface area is 142 Å². The van der Waals surface area contributed by atoms with Gasteiger partial charge in [-0.2, -0.15) is 0 Å². The van der Waals surface area contributed by atoms with Crippen molar-refractivity contribution in [3.05, 3.63) is 59.7 Å². The number of hydrogen-bond acceptors (Lipinski definition) is 3. The van der Waals surface area contributed by atoms with Gasteiger partial charge in [0.05, 0.1) is 6.54 Å². The Balaban J connectivity index is 1.60. The maximum atomic E-state index is 11.8. The minimum absolute atomic E-state index is 0.0676. The van der Waals surface area contributed by atoms with Crippen LogP contribution in [0.2, 0.25) is 0 Å². The molecule has 2 aromatic carbocycles. The second-order valence-corrected chi connectivity index (χ2v) is 6.48. The molecule has 2 aromatic rings. The summed E-state index contributed by atoms with van der Waals surface area (Å²) < 4.78 is 5.72. The third kappa shape index (κ3) is 5.99.